The molecule has 2 heterocycles. The van der Waals surface area contributed by atoms with E-state index in [0.29, 0.717) is 0 Å². The summed E-state index contributed by atoms with van der Waals surface area (Å²) in [6.45, 7) is 8.27. The summed E-state index contributed by atoms with van der Waals surface area (Å²) in [6.07, 6.45) is 1.47. The number of hydrogen-bond donors (Lipinski definition) is 1. The predicted molar refractivity (Wildman–Crippen MR) is 118 cm³/mol. The van der Waals surface area contributed by atoms with Crippen LogP contribution in [0.5, 0.6) is 0 Å². The summed E-state index contributed by atoms with van der Waals surface area (Å²) in [4.78, 5) is 15.0. The maximum absolute atomic E-state index is 13.2. The van der Waals surface area contributed by atoms with E-state index in [9.17, 15) is 9.18 Å². The van der Waals surface area contributed by atoms with Crippen LogP contribution in [0.15, 0.2) is 48.5 Å². The van der Waals surface area contributed by atoms with E-state index in [0.717, 1.165) is 47.3 Å². The number of halogens is 1. The van der Waals surface area contributed by atoms with Crippen molar-refractivity contribution < 1.29 is 9.18 Å². The van der Waals surface area contributed by atoms with E-state index in [1.165, 1.54) is 24.2 Å². The van der Waals surface area contributed by atoms with Gasteiger partial charge in [0.15, 0.2) is 0 Å². The van der Waals surface area contributed by atoms with Crippen molar-refractivity contribution in [2.75, 3.05) is 23.3 Å². The summed E-state index contributed by atoms with van der Waals surface area (Å²) < 4.78 is 15.0. The summed E-state index contributed by atoms with van der Waals surface area (Å²) in [7, 11) is 0. The van der Waals surface area contributed by atoms with Gasteiger partial charge in [0, 0.05) is 35.7 Å². The summed E-state index contributed by atoms with van der Waals surface area (Å²) in [5.41, 5.74) is 5.33. The van der Waals surface area contributed by atoms with Gasteiger partial charge in [0.25, 0.3) is 0 Å². The number of nitrogens with one attached hydrogen (secondary N) is 1. The molecule has 1 unspecified atom stereocenters. The fourth-order valence-electron chi connectivity index (χ4n) is 4.06. The Hall–Kier alpha value is -3.15. The number of anilines is 2. The molecule has 2 aromatic carbocycles. The Bertz CT molecular complexity index is 1040. The molecular weight excluding hydrogens is 379 g/mol. The number of amides is 1. The number of benzene rings is 2. The molecule has 1 saturated heterocycles. The highest BCUT2D eigenvalue weighted by atomic mass is 19.1. The van der Waals surface area contributed by atoms with Crippen LogP contribution in [0.4, 0.5) is 15.8 Å². The van der Waals surface area contributed by atoms with E-state index >= 15 is 0 Å². The smallest absolute Gasteiger partial charge is 0.228 e. The van der Waals surface area contributed by atoms with Crippen molar-refractivity contribution in [3.63, 3.8) is 0 Å². The van der Waals surface area contributed by atoms with Crippen molar-refractivity contribution in [2.24, 2.45) is 5.92 Å². The monoisotopic (exact) mass is 406 g/mol. The van der Waals surface area contributed by atoms with Crippen LogP contribution in [0.3, 0.4) is 0 Å². The number of hydrogen-bond acceptors (Lipinski definition) is 3. The minimum absolute atomic E-state index is 0.0811. The van der Waals surface area contributed by atoms with E-state index < -0.39 is 0 Å². The van der Waals surface area contributed by atoms with E-state index in [2.05, 4.69) is 34.4 Å². The highest BCUT2D eigenvalue weighted by Gasteiger charge is 2.19. The van der Waals surface area contributed by atoms with Crippen LogP contribution >= 0.6 is 0 Å². The second-order valence-electron chi connectivity index (χ2n) is 8.15. The summed E-state index contributed by atoms with van der Waals surface area (Å²) >= 11 is 0. The van der Waals surface area contributed by atoms with Gasteiger partial charge in [0.05, 0.1) is 17.8 Å². The molecule has 4 rings (SSSR count). The van der Waals surface area contributed by atoms with Crippen LogP contribution < -0.4 is 10.2 Å². The highest BCUT2D eigenvalue weighted by molar-refractivity contribution is 5.92. The van der Waals surface area contributed by atoms with Gasteiger partial charge < -0.3 is 10.2 Å². The maximum atomic E-state index is 13.2. The largest absolute Gasteiger partial charge is 0.371 e. The molecule has 1 amide bonds. The average molecular weight is 407 g/mol. The normalized spacial score (nSPS) is 16.1. The van der Waals surface area contributed by atoms with Crippen LogP contribution in [-0.4, -0.2) is 28.8 Å². The molecule has 0 aliphatic carbocycles. The van der Waals surface area contributed by atoms with Gasteiger partial charge in [0.2, 0.25) is 5.91 Å². The SMILES string of the molecule is Cc1nn(-c2ccc(F)cc2)c(C)c1CC(=O)Nc1ccc(N2CCC(C)C2)cc1. The molecule has 1 aliphatic heterocycles. The predicted octanol–water partition coefficient (Wildman–Crippen LogP) is 4.66. The molecule has 1 atom stereocenters. The number of carbonyl (C=O) groups is 1. The Morgan fingerprint density at radius 2 is 1.77 bits per heavy atom. The molecule has 1 fully saturated rings. The van der Waals surface area contributed by atoms with Crippen molar-refractivity contribution in [3.8, 4) is 5.69 Å². The standard InChI is InChI=1S/C24H27FN4O/c1-16-12-13-28(15-16)21-10-6-20(7-11-21)26-24(30)14-23-17(2)27-29(18(23)3)22-8-4-19(25)5-9-22/h4-11,16H,12-15H2,1-3H3,(H,26,30). The molecule has 30 heavy (non-hydrogen) atoms. The number of rotatable bonds is 5. The van der Waals surface area contributed by atoms with E-state index in [4.69, 9.17) is 0 Å². The third kappa shape index (κ3) is 4.22. The number of aromatic nitrogens is 2. The van der Waals surface area contributed by atoms with Crippen LogP contribution in [-0.2, 0) is 11.2 Å². The average Bonchev–Trinajstić information content (AvgIpc) is 3.28. The fourth-order valence-corrected chi connectivity index (χ4v) is 4.06. The van der Waals surface area contributed by atoms with E-state index in [1.54, 1.807) is 16.8 Å². The number of carbonyl (C=O) groups excluding carboxylic acids is 1. The quantitative estimate of drug-likeness (QED) is 0.671. The molecular formula is C24H27FN4O. The minimum atomic E-state index is -0.287. The Balaban J connectivity index is 1.43. The zero-order chi connectivity index (χ0) is 21.3. The second kappa shape index (κ2) is 8.30. The molecule has 1 aliphatic rings. The lowest BCUT2D eigenvalue weighted by Gasteiger charge is -2.18. The fraction of sp³-hybridized carbons (Fsp3) is 0.333. The molecule has 3 aromatic rings. The highest BCUT2D eigenvalue weighted by Crippen LogP contribution is 2.25. The van der Waals surface area contributed by atoms with Gasteiger partial charge in [-0.2, -0.15) is 5.10 Å². The van der Waals surface area contributed by atoms with Crippen LogP contribution in [0.25, 0.3) is 5.69 Å². The third-order valence-electron chi connectivity index (χ3n) is 5.79. The van der Waals surface area contributed by atoms with Crippen LogP contribution in [0.2, 0.25) is 0 Å². The first-order valence-electron chi connectivity index (χ1n) is 10.4. The molecule has 0 saturated carbocycles. The minimum Gasteiger partial charge on any atom is -0.371 e. The molecule has 5 nitrogen and oxygen atoms in total. The molecule has 6 heteroatoms. The van der Waals surface area contributed by atoms with Crippen molar-refractivity contribution in [1.82, 2.24) is 9.78 Å². The number of aryl methyl sites for hydroxylation is 1. The van der Waals surface area contributed by atoms with Gasteiger partial charge in [-0.15, -0.1) is 0 Å². The topological polar surface area (TPSA) is 50.2 Å². The summed E-state index contributed by atoms with van der Waals surface area (Å²) in [5.74, 6) is 0.360. The van der Waals surface area contributed by atoms with Gasteiger partial charge in [0.1, 0.15) is 5.82 Å². The third-order valence-corrected chi connectivity index (χ3v) is 5.79. The van der Waals surface area contributed by atoms with Gasteiger partial charge in [-0.3, -0.25) is 4.79 Å². The summed E-state index contributed by atoms with van der Waals surface area (Å²) in [5, 5.41) is 7.52. The van der Waals surface area contributed by atoms with Crippen molar-refractivity contribution >= 4 is 17.3 Å². The lowest BCUT2D eigenvalue weighted by Crippen LogP contribution is -2.19. The lowest BCUT2D eigenvalue weighted by molar-refractivity contribution is -0.115. The molecule has 0 radical (unpaired) electrons. The Morgan fingerprint density at radius 1 is 1.10 bits per heavy atom. The Labute approximate surface area is 176 Å². The summed E-state index contributed by atoms with van der Waals surface area (Å²) in [6, 6.07) is 14.2. The first-order chi connectivity index (χ1) is 14.4. The van der Waals surface area contributed by atoms with Crippen molar-refractivity contribution in [1.29, 1.82) is 0 Å². The van der Waals surface area contributed by atoms with Crippen molar-refractivity contribution in [2.45, 2.75) is 33.6 Å². The van der Waals surface area contributed by atoms with Crippen LogP contribution in [0, 0.1) is 25.6 Å². The van der Waals surface area contributed by atoms with Crippen molar-refractivity contribution in [3.05, 3.63) is 71.3 Å². The second-order valence-corrected chi connectivity index (χ2v) is 8.15. The molecule has 0 spiro atoms. The first-order valence-corrected chi connectivity index (χ1v) is 10.4. The van der Waals surface area contributed by atoms with E-state index in [1.807, 2.05) is 26.0 Å². The van der Waals surface area contributed by atoms with Crippen LogP contribution in [0.1, 0.15) is 30.3 Å². The zero-order valence-electron chi connectivity index (χ0n) is 17.7. The van der Waals surface area contributed by atoms with Gasteiger partial charge in [-0.05, 0) is 74.7 Å². The molecule has 1 aromatic heterocycles. The first kappa shape index (κ1) is 20.1. The maximum Gasteiger partial charge on any atom is 0.228 e. The number of nitrogens with zero attached hydrogens (tertiary/aromatic N) is 3. The Morgan fingerprint density at radius 3 is 2.40 bits per heavy atom. The zero-order valence-corrected chi connectivity index (χ0v) is 17.7. The molecule has 1 N–H and O–H groups in total. The van der Waals surface area contributed by atoms with Gasteiger partial charge in [-0.25, -0.2) is 9.07 Å². The van der Waals surface area contributed by atoms with Gasteiger partial charge >= 0.3 is 0 Å². The lowest BCUT2D eigenvalue weighted by atomic mass is 10.1. The van der Waals surface area contributed by atoms with E-state index in [-0.39, 0.29) is 18.1 Å². The van der Waals surface area contributed by atoms with Gasteiger partial charge in [-0.1, -0.05) is 6.92 Å². The Kier molecular flexibility index (Phi) is 5.57. The molecule has 156 valence electrons. The molecule has 0 bridgehead atoms.